The van der Waals surface area contributed by atoms with Crippen LogP contribution < -0.4 is 5.32 Å². The zero-order valence-corrected chi connectivity index (χ0v) is 20.5. The molecule has 2 aromatic carbocycles. The van der Waals surface area contributed by atoms with Crippen LogP contribution in [0.3, 0.4) is 0 Å². The third-order valence-corrected chi connectivity index (χ3v) is 7.17. The first-order valence-corrected chi connectivity index (χ1v) is 11.8. The van der Waals surface area contributed by atoms with E-state index in [-0.39, 0.29) is 35.4 Å². The van der Waals surface area contributed by atoms with E-state index in [2.05, 4.69) is 11.4 Å². The van der Waals surface area contributed by atoms with Crippen molar-refractivity contribution in [3.8, 4) is 6.07 Å². The topological polar surface area (TPSA) is 93.5 Å². The first-order valence-electron chi connectivity index (χ1n) is 11.4. The highest BCUT2D eigenvalue weighted by Crippen LogP contribution is 2.46. The van der Waals surface area contributed by atoms with Gasteiger partial charge in [-0.15, -0.1) is 0 Å². The number of para-hydroxylation sites is 1. The van der Waals surface area contributed by atoms with Crippen LogP contribution in [-0.2, 0) is 15.0 Å². The summed E-state index contributed by atoms with van der Waals surface area (Å²) in [6, 6.07) is 11.2. The number of nitriles is 1. The zero-order valence-electron chi connectivity index (χ0n) is 19.7. The molecule has 35 heavy (non-hydrogen) atoms. The van der Waals surface area contributed by atoms with E-state index < -0.39 is 35.1 Å². The van der Waals surface area contributed by atoms with Crippen LogP contribution in [0.4, 0.5) is 10.1 Å². The Morgan fingerprint density at radius 3 is 2.71 bits per heavy atom. The second-order valence-electron chi connectivity index (χ2n) is 9.58. The first-order chi connectivity index (χ1) is 16.6. The van der Waals surface area contributed by atoms with Gasteiger partial charge in [0, 0.05) is 25.7 Å². The molecule has 9 heteroatoms. The Kier molecular flexibility index (Phi) is 6.56. The highest BCUT2D eigenvalue weighted by molar-refractivity contribution is 6.33. The van der Waals surface area contributed by atoms with E-state index in [4.69, 9.17) is 11.6 Å². The van der Waals surface area contributed by atoms with Crippen molar-refractivity contribution >= 4 is 35.0 Å². The van der Waals surface area contributed by atoms with E-state index in [9.17, 15) is 24.0 Å². The molecule has 7 nitrogen and oxygen atoms in total. The molecule has 2 heterocycles. The molecule has 2 aliphatic heterocycles. The Balaban J connectivity index is 1.67. The summed E-state index contributed by atoms with van der Waals surface area (Å²) in [5, 5.41) is 12.9. The Labute approximate surface area is 208 Å². The molecule has 0 aromatic heterocycles. The average molecular weight is 497 g/mol. The van der Waals surface area contributed by atoms with Crippen LogP contribution in [-0.4, -0.2) is 53.2 Å². The first kappa shape index (κ1) is 24.7. The molecule has 1 fully saturated rings. The molecule has 1 spiro atoms. The van der Waals surface area contributed by atoms with Crippen molar-refractivity contribution in [1.82, 2.24) is 9.80 Å². The standard InChI is InChI=1S/C26H26ClFN4O3/c1-15(2)10-22(31(3)23(33)18-11-16(28)8-9-20(18)27)24(34)32-14-26(12-17(32)13-29)19-6-4-5-7-21(19)30-25(26)35/h4-9,11,15,17,22H,10,12,14H2,1-3H3,(H,30,35)/t17?,22-,26-/m0/s1. The Hall–Kier alpha value is -3.44. The van der Waals surface area contributed by atoms with E-state index in [1.54, 1.807) is 6.07 Å². The average Bonchev–Trinajstić information content (AvgIpc) is 3.36. The molecule has 0 saturated carbocycles. The molecule has 1 saturated heterocycles. The van der Waals surface area contributed by atoms with Gasteiger partial charge in [0.2, 0.25) is 11.8 Å². The van der Waals surface area contributed by atoms with Gasteiger partial charge in [-0.1, -0.05) is 43.6 Å². The van der Waals surface area contributed by atoms with Crippen LogP contribution in [0.2, 0.25) is 5.02 Å². The summed E-state index contributed by atoms with van der Waals surface area (Å²) in [6.45, 7) is 3.87. The van der Waals surface area contributed by atoms with Crippen molar-refractivity contribution in [2.75, 3.05) is 18.9 Å². The molecule has 1 unspecified atom stereocenters. The highest BCUT2D eigenvalue weighted by Gasteiger charge is 2.56. The monoisotopic (exact) mass is 496 g/mol. The summed E-state index contributed by atoms with van der Waals surface area (Å²) in [5.41, 5.74) is 0.366. The fourth-order valence-corrected chi connectivity index (χ4v) is 5.24. The summed E-state index contributed by atoms with van der Waals surface area (Å²) in [5.74, 6) is -1.85. The third kappa shape index (κ3) is 4.25. The molecule has 2 aliphatic rings. The maximum atomic E-state index is 13.9. The Morgan fingerprint density at radius 2 is 2.03 bits per heavy atom. The van der Waals surface area contributed by atoms with Gasteiger partial charge < -0.3 is 15.1 Å². The molecule has 0 aliphatic carbocycles. The lowest BCUT2D eigenvalue weighted by atomic mass is 9.80. The normalized spacial score (nSPS) is 21.6. The number of nitrogens with zero attached hydrogens (tertiary/aromatic N) is 3. The van der Waals surface area contributed by atoms with E-state index in [1.807, 2.05) is 32.0 Å². The summed E-state index contributed by atoms with van der Waals surface area (Å²) < 4.78 is 13.8. The van der Waals surface area contributed by atoms with E-state index in [0.29, 0.717) is 12.1 Å². The van der Waals surface area contributed by atoms with Crippen LogP contribution in [0.1, 0.15) is 42.6 Å². The van der Waals surface area contributed by atoms with Gasteiger partial charge in [0.05, 0.1) is 22.1 Å². The number of nitrogens with one attached hydrogen (secondary N) is 1. The van der Waals surface area contributed by atoms with Gasteiger partial charge in [-0.3, -0.25) is 14.4 Å². The summed E-state index contributed by atoms with van der Waals surface area (Å²) in [6.07, 6.45) is 0.484. The maximum Gasteiger partial charge on any atom is 0.255 e. The number of rotatable bonds is 5. The number of halogens is 2. The van der Waals surface area contributed by atoms with Gasteiger partial charge in [0.25, 0.3) is 5.91 Å². The predicted octanol–water partition coefficient (Wildman–Crippen LogP) is 3.98. The van der Waals surface area contributed by atoms with Crippen molar-refractivity contribution in [2.24, 2.45) is 5.92 Å². The molecule has 0 radical (unpaired) electrons. The van der Waals surface area contributed by atoms with Gasteiger partial charge in [-0.25, -0.2) is 4.39 Å². The van der Waals surface area contributed by atoms with Gasteiger partial charge in [0.1, 0.15) is 17.9 Å². The fraction of sp³-hybridized carbons (Fsp3) is 0.385. The van der Waals surface area contributed by atoms with E-state index in [0.717, 1.165) is 17.7 Å². The molecule has 3 atom stereocenters. The van der Waals surface area contributed by atoms with Crippen molar-refractivity contribution in [1.29, 1.82) is 5.26 Å². The van der Waals surface area contributed by atoms with Gasteiger partial charge in [0.15, 0.2) is 0 Å². The fourth-order valence-electron chi connectivity index (χ4n) is 5.04. The van der Waals surface area contributed by atoms with Crippen LogP contribution >= 0.6 is 11.6 Å². The molecular formula is C26H26ClFN4O3. The summed E-state index contributed by atoms with van der Waals surface area (Å²) >= 11 is 6.15. The molecule has 4 rings (SSSR count). The number of amides is 3. The minimum Gasteiger partial charge on any atom is -0.330 e. The molecule has 182 valence electrons. The van der Waals surface area contributed by atoms with Crippen LogP contribution in [0.15, 0.2) is 42.5 Å². The zero-order chi connectivity index (χ0) is 25.5. The quantitative estimate of drug-likeness (QED) is 0.677. The number of hydrogen-bond donors (Lipinski definition) is 1. The largest absolute Gasteiger partial charge is 0.330 e. The third-order valence-electron chi connectivity index (χ3n) is 6.84. The number of likely N-dealkylation sites (tertiary alicyclic amines) is 1. The minimum atomic E-state index is -1.02. The minimum absolute atomic E-state index is 0.0320. The molecule has 3 amide bonds. The maximum absolute atomic E-state index is 13.9. The lowest BCUT2D eigenvalue weighted by molar-refractivity contribution is -0.136. The summed E-state index contributed by atoms with van der Waals surface area (Å²) in [7, 11) is 1.47. The molecular weight excluding hydrogens is 471 g/mol. The summed E-state index contributed by atoms with van der Waals surface area (Å²) in [4.78, 5) is 42.9. The van der Waals surface area contributed by atoms with E-state index >= 15 is 0 Å². The van der Waals surface area contributed by atoms with Crippen LogP contribution in [0.5, 0.6) is 0 Å². The smallest absolute Gasteiger partial charge is 0.255 e. The number of benzene rings is 2. The number of likely N-dealkylation sites (N-methyl/N-ethyl adjacent to an activating group) is 1. The predicted molar refractivity (Wildman–Crippen MR) is 129 cm³/mol. The van der Waals surface area contributed by atoms with Crippen molar-refractivity contribution in [2.45, 2.75) is 44.2 Å². The van der Waals surface area contributed by atoms with Crippen molar-refractivity contribution in [3.05, 3.63) is 64.4 Å². The SMILES string of the molecule is CC(C)C[C@@H](C(=O)N1C[C@]2(CC1C#N)C(=O)Nc1ccccc12)N(C)C(=O)c1cc(F)ccc1Cl. The number of fused-ring (bicyclic) bond motifs is 2. The van der Waals surface area contributed by atoms with Crippen molar-refractivity contribution < 1.29 is 18.8 Å². The second kappa shape index (κ2) is 9.31. The van der Waals surface area contributed by atoms with E-state index in [1.165, 1.54) is 22.9 Å². The highest BCUT2D eigenvalue weighted by atomic mass is 35.5. The lowest BCUT2D eigenvalue weighted by Gasteiger charge is -2.33. The Morgan fingerprint density at radius 1 is 1.31 bits per heavy atom. The number of hydrogen-bond acceptors (Lipinski definition) is 4. The molecule has 0 bridgehead atoms. The Bertz CT molecular complexity index is 1240. The van der Waals surface area contributed by atoms with Gasteiger partial charge in [-0.05, 0) is 42.2 Å². The van der Waals surface area contributed by atoms with Crippen LogP contribution in [0.25, 0.3) is 0 Å². The number of carbonyl (C=O) groups is 3. The lowest BCUT2D eigenvalue weighted by Crippen LogP contribution is -2.52. The number of carbonyl (C=O) groups excluding carboxylic acids is 3. The molecule has 1 N–H and O–H groups in total. The van der Waals surface area contributed by atoms with Gasteiger partial charge in [-0.2, -0.15) is 5.26 Å². The molecule has 2 aromatic rings. The van der Waals surface area contributed by atoms with Gasteiger partial charge >= 0.3 is 0 Å². The van der Waals surface area contributed by atoms with Crippen LogP contribution in [0, 0.1) is 23.1 Å². The second-order valence-corrected chi connectivity index (χ2v) is 9.99. The number of anilines is 1. The van der Waals surface area contributed by atoms with Crippen molar-refractivity contribution in [3.63, 3.8) is 0 Å².